The number of allylic oxidation sites excluding steroid dienone is 1. The zero-order valence-electron chi connectivity index (χ0n) is 17.3. The standard InChI is InChI=1S/C23H37ClO4/c1-2-3-14-25-21-9-5-18(6-10-21)20-16-27-23(28-17-20)19-7-11-22(12-8-19)26-15-4-13-24/h2-4,13,18-23H,5-12,14-17H2,1H3/b3-2+,13-4+. The topological polar surface area (TPSA) is 36.9 Å². The van der Waals surface area contributed by atoms with Crippen molar-refractivity contribution in [3.05, 3.63) is 23.8 Å². The third-order valence-electron chi connectivity index (χ3n) is 6.62. The molecule has 0 amide bonds. The highest BCUT2D eigenvalue weighted by Crippen LogP contribution is 2.37. The Labute approximate surface area is 175 Å². The van der Waals surface area contributed by atoms with Crippen LogP contribution >= 0.6 is 11.6 Å². The van der Waals surface area contributed by atoms with E-state index in [4.69, 9.17) is 30.5 Å². The van der Waals surface area contributed by atoms with Gasteiger partial charge in [-0.1, -0.05) is 23.8 Å². The van der Waals surface area contributed by atoms with Crippen LogP contribution in [0.25, 0.3) is 0 Å². The van der Waals surface area contributed by atoms with Crippen LogP contribution in [0.5, 0.6) is 0 Å². The van der Waals surface area contributed by atoms with E-state index < -0.39 is 0 Å². The van der Waals surface area contributed by atoms with E-state index in [0.717, 1.165) is 51.4 Å². The summed E-state index contributed by atoms with van der Waals surface area (Å²) in [5, 5.41) is 0. The minimum absolute atomic E-state index is 0.0135. The van der Waals surface area contributed by atoms with Gasteiger partial charge in [-0.3, -0.25) is 0 Å². The van der Waals surface area contributed by atoms with Crippen LogP contribution in [0.1, 0.15) is 58.3 Å². The van der Waals surface area contributed by atoms with E-state index in [1.54, 1.807) is 0 Å². The van der Waals surface area contributed by atoms with Crippen LogP contribution in [0, 0.1) is 17.8 Å². The van der Waals surface area contributed by atoms with Crippen molar-refractivity contribution in [3.8, 4) is 0 Å². The van der Waals surface area contributed by atoms with E-state index in [0.29, 0.717) is 30.7 Å². The predicted molar refractivity (Wildman–Crippen MR) is 112 cm³/mol. The zero-order valence-corrected chi connectivity index (χ0v) is 18.0. The first-order valence-corrected chi connectivity index (χ1v) is 11.6. The number of ether oxygens (including phenoxy) is 4. The molecule has 3 aliphatic rings. The molecule has 1 saturated heterocycles. The maximum atomic E-state index is 6.19. The van der Waals surface area contributed by atoms with Gasteiger partial charge < -0.3 is 18.9 Å². The second-order valence-electron chi connectivity index (χ2n) is 8.47. The summed E-state index contributed by atoms with van der Waals surface area (Å²) in [6.45, 7) is 5.11. The average molecular weight is 413 g/mol. The number of halogens is 1. The van der Waals surface area contributed by atoms with Crippen molar-refractivity contribution < 1.29 is 18.9 Å². The summed E-state index contributed by atoms with van der Waals surface area (Å²) in [6, 6.07) is 0. The van der Waals surface area contributed by atoms with Gasteiger partial charge in [0.1, 0.15) is 0 Å². The molecule has 0 aromatic carbocycles. The molecule has 2 aliphatic carbocycles. The molecule has 0 aromatic rings. The molecule has 0 radical (unpaired) electrons. The Hall–Kier alpha value is -0.390. The number of hydrogen-bond donors (Lipinski definition) is 0. The lowest BCUT2D eigenvalue weighted by molar-refractivity contribution is -0.238. The van der Waals surface area contributed by atoms with Crippen LogP contribution < -0.4 is 0 Å². The fourth-order valence-electron chi connectivity index (χ4n) is 4.85. The minimum Gasteiger partial charge on any atom is -0.374 e. The number of rotatable bonds is 8. The minimum atomic E-state index is -0.0135. The van der Waals surface area contributed by atoms with Crippen molar-refractivity contribution >= 4 is 11.6 Å². The van der Waals surface area contributed by atoms with Crippen molar-refractivity contribution in [1.82, 2.24) is 0 Å². The van der Waals surface area contributed by atoms with E-state index >= 15 is 0 Å². The lowest BCUT2D eigenvalue weighted by Gasteiger charge is -2.41. The highest BCUT2D eigenvalue weighted by molar-refractivity contribution is 6.25. The van der Waals surface area contributed by atoms with Crippen LogP contribution in [-0.4, -0.2) is 44.9 Å². The van der Waals surface area contributed by atoms with Gasteiger partial charge in [-0.05, 0) is 70.3 Å². The summed E-state index contributed by atoms with van der Waals surface area (Å²) < 4.78 is 24.1. The summed E-state index contributed by atoms with van der Waals surface area (Å²) in [4.78, 5) is 0. The fourth-order valence-corrected chi connectivity index (χ4v) is 4.92. The highest BCUT2D eigenvalue weighted by Gasteiger charge is 2.36. The van der Waals surface area contributed by atoms with Gasteiger partial charge in [0.15, 0.2) is 6.29 Å². The summed E-state index contributed by atoms with van der Waals surface area (Å²) in [5.74, 6) is 1.79. The summed E-state index contributed by atoms with van der Waals surface area (Å²) in [7, 11) is 0. The second-order valence-corrected chi connectivity index (χ2v) is 8.72. The number of hydrogen-bond acceptors (Lipinski definition) is 4. The van der Waals surface area contributed by atoms with Gasteiger partial charge in [-0.25, -0.2) is 0 Å². The van der Waals surface area contributed by atoms with Crippen molar-refractivity contribution in [2.75, 3.05) is 26.4 Å². The molecule has 160 valence electrons. The molecule has 4 nitrogen and oxygen atoms in total. The summed E-state index contributed by atoms with van der Waals surface area (Å²) in [6.07, 6.45) is 16.0. The first-order chi connectivity index (χ1) is 13.8. The fraction of sp³-hybridized carbons (Fsp3) is 0.826. The van der Waals surface area contributed by atoms with E-state index in [2.05, 4.69) is 12.2 Å². The SMILES string of the molecule is C/C=C/COC1CCC(C2COC(C3CCC(OC/C=C/Cl)CC3)OC2)CC1. The van der Waals surface area contributed by atoms with Crippen molar-refractivity contribution in [2.24, 2.45) is 17.8 Å². The van der Waals surface area contributed by atoms with Crippen LogP contribution in [0.3, 0.4) is 0 Å². The molecule has 0 bridgehead atoms. The van der Waals surface area contributed by atoms with Crippen LogP contribution in [0.15, 0.2) is 23.8 Å². The van der Waals surface area contributed by atoms with E-state index in [1.165, 1.54) is 31.2 Å². The van der Waals surface area contributed by atoms with Crippen molar-refractivity contribution in [3.63, 3.8) is 0 Å². The Morgan fingerprint density at radius 1 is 0.750 bits per heavy atom. The Balaban J connectivity index is 1.31. The van der Waals surface area contributed by atoms with Crippen LogP contribution in [0.4, 0.5) is 0 Å². The Bertz CT molecular complexity index is 427. The van der Waals surface area contributed by atoms with Crippen molar-refractivity contribution in [2.45, 2.75) is 76.8 Å². The summed E-state index contributed by atoms with van der Waals surface area (Å²) in [5.41, 5.74) is 1.52. The molecule has 28 heavy (non-hydrogen) atoms. The van der Waals surface area contributed by atoms with Crippen LogP contribution in [-0.2, 0) is 18.9 Å². The Morgan fingerprint density at radius 2 is 1.29 bits per heavy atom. The Kier molecular flexibility index (Phi) is 9.83. The molecule has 2 saturated carbocycles. The van der Waals surface area contributed by atoms with Crippen molar-refractivity contribution in [1.29, 1.82) is 0 Å². The maximum absolute atomic E-state index is 6.19. The molecule has 0 atom stereocenters. The van der Waals surface area contributed by atoms with Gasteiger partial charge in [0.2, 0.25) is 0 Å². The van der Waals surface area contributed by atoms with Gasteiger partial charge in [-0.15, -0.1) is 0 Å². The summed E-state index contributed by atoms with van der Waals surface area (Å²) >= 11 is 5.54. The van der Waals surface area contributed by atoms with Gasteiger partial charge in [0, 0.05) is 17.4 Å². The molecular formula is C23H37ClO4. The van der Waals surface area contributed by atoms with E-state index in [1.807, 2.05) is 13.0 Å². The maximum Gasteiger partial charge on any atom is 0.160 e. The van der Waals surface area contributed by atoms with Gasteiger partial charge in [-0.2, -0.15) is 0 Å². The highest BCUT2D eigenvalue weighted by atomic mass is 35.5. The van der Waals surface area contributed by atoms with Gasteiger partial charge in [0.05, 0.1) is 38.6 Å². The monoisotopic (exact) mass is 412 g/mol. The second kappa shape index (κ2) is 12.3. The first-order valence-electron chi connectivity index (χ1n) is 11.1. The first kappa shape index (κ1) is 22.3. The van der Waals surface area contributed by atoms with Gasteiger partial charge in [0.25, 0.3) is 0 Å². The molecular weight excluding hydrogens is 376 g/mol. The largest absolute Gasteiger partial charge is 0.374 e. The quantitative estimate of drug-likeness (QED) is 0.496. The zero-order chi connectivity index (χ0) is 19.6. The molecule has 1 heterocycles. The third kappa shape index (κ3) is 6.84. The average Bonchev–Trinajstić information content (AvgIpc) is 2.75. The molecule has 1 aliphatic heterocycles. The third-order valence-corrected chi connectivity index (χ3v) is 6.80. The van der Waals surface area contributed by atoms with E-state index in [9.17, 15) is 0 Å². The molecule has 0 N–H and O–H groups in total. The molecule has 3 fully saturated rings. The lowest BCUT2D eigenvalue weighted by atomic mass is 9.79. The normalized spacial score (nSPS) is 37.6. The molecule has 0 aromatic heterocycles. The lowest BCUT2D eigenvalue weighted by Crippen LogP contribution is -2.42. The van der Waals surface area contributed by atoms with E-state index in [-0.39, 0.29) is 6.29 Å². The smallest absolute Gasteiger partial charge is 0.160 e. The molecule has 0 unspecified atom stereocenters. The predicted octanol–water partition coefficient (Wildman–Crippen LogP) is 5.45. The van der Waals surface area contributed by atoms with Gasteiger partial charge >= 0.3 is 0 Å². The van der Waals surface area contributed by atoms with Crippen LogP contribution in [0.2, 0.25) is 0 Å². The Morgan fingerprint density at radius 3 is 1.82 bits per heavy atom. The molecule has 5 heteroatoms. The molecule has 3 rings (SSSR count). The molecule has 0 spiro atoms.